The molecule has 0 saturated carbocycles. The van der Waals surface area contributed by atoms with E-state index in [1.165, 1.54) is 6.20 Å². The van der Waals surface area contributed by atoms with Crippen LogP contribution in [0.4, 0.5) is 0 Å². The molecule has 0 atom stereocenters. The minimum absolute atomic E-state index is 0.0296. The third-order valence-corrected chi connectivity index (χ3v) is 3.71. The van der Waals surface area contributed by atoms with Crippen molar-refractivity contribution in [3.8, 4) is 11.4 Å². The van der Waals surface area contributed by atoms with Crippen LogP contribution in [0.5, 0.6) is 5.75 Å². The van der Waals surface area contributed by atoms with Crippen LogP contribution >= 0.6 is 15.9 Å². The van der Waals surface area contributed by atoms with Crippen molar-refractivity contribution in [3.05, 3.63) is 39.9 Å². The molecule has 1 aromatic carbocycles. The standard InChI is InChI=1S/C12H9BrN2O3/c1-6-2-9-10(3-7(6)13)18-5-11-14-8(12(16)17)4-15(9)11/h2-4H,5H2,1H3,(H,16,17). The monoisotopic (exact) mass is 308 g/mol. The molecule has 1 aliphatic rings. The summed E-state index contributed by atoms with van der Waals surface area (Å²) in [6.07, 6.45) is 1.52. The Labute approximate surface area is 111 Å². The molecular weight excluding hydrogens is 300 g/mol. The fourth-order valence-electron chi connectivity index (χ4n) is 1.93. The van der Waals surface area contributed by atoms with Gasteiger partial charge in [-0.3, -0.25) is 4.57 Å². The van der Waals surface area contributed by atoms with Crippen LogP contribution in [0.25, 0.3) is 5.69 Å². The molecule has 1 N–H and O–H groups in total. The summed E-state index contributed by atoms with van der Waals surface area (Å²) in [6, 6.07) is 3.82. The highest BCUT2D eigenvalue weighted by molar-refractivity contribution is 9.10. The van der Waals surface area contributed by atoms with Crippen molar-refractivity contribution in [1.29, 1.82) is 0 Å². The van der Waals surface area contributed by atoms with E-state index >= 15 is 0 Å². The normalized spacial score (nSPS) is 12.6. The van der Waals surface area contributed by atoms with Gasteiger partial charge in [-0.25, -0.2) is 9.78 Å². The average molecular weight is 309 g/mol. The van der Waals surface area contributed by atoms with Crippen molar-refractivity contribution in [2.75, 3.05) is 0 Å². The summed E-state index contributed by atoms with van der Waals surface area (Å²) in [4.78, 5) is 15.0. The maximum absolute atomic E-state index is 10.9. The number of ether oxygens (including phenoxy) is 1. The molecule has 0 unspecified atom stereocenters. The molecule has 0 fully saturated rings. The molecule has 1 aliphatic heterocycles. The van der Waals surface area contributed by atoms with Gasteiger partial charge < -0.3 is 9.84 Å². The van der Waals surface area contributed by atoms with Crippen LogP contribution in [0, 0.1) is 6.92 Å². The van der Waals surface area contributed by atoms with Gasteiger partial charge in [-0.15, -0.1) is 0 Å². The molecular formula is C12H9BrN2O3. The number of benzene rings is 1. The third-order valence-electron chi connectivity index (χ3n) is 2.85. The lowest BCUT2D eigenvalue weighted by molar-refractivity contribution is 0.0691. The molecule has 1 aromatic heterocycles. The topological polar surface area (TPSA) is 64.3 Å². The van der Waals surface area contributed by atoms with E-state index in [0.717, 1.165) is 15.7 Å². The number of hydrogen-bond acceptors (Lipinski definition) is 3. The first-order valence-corrected chi connectivity index (χ1v) is 6.10. The molecule has 6 heteroatoms. The van der Waals surface area contributed by atoms with Crippen LogP contribution in [0.15, 0.2) is 22.8 Å². The van der Waals surface area contributed by atoms with E-state index in [9.17, 15) is 4.79 Å². The number of carboxylic acid groups (broad SMARTS) is 1. The molecule has 92 valence electrons. The van der Waals surface area contributed by atoms with E-state index in [0.29, 0.717) is 11.6 Å². The van der Waals surface area contributed by atoms with Gasteiger partial charge >= 0.3 is 5.97 Å². The number of rotatable bonds is 1. The fraction of sp³-hybridized carbons (Fsp3) is 0.167. The Bertz CT molecular complexity index is 664. The number of carboxylic acids is 1. The van der Waals surface area contributed by atoms with E-state index < -0.39 is 5.97 Å². The van der Waals surface area contributed by atoms with Gasteiger partial charge in [-0.1, -0.05) is 15.9 Å². The summed E-state index contributed by atoms with van der Waals surface area (Å²) in [5.41, 5.74) is 1.90. The number of nitrogens with zero attached hydrogens (tertiary/aromatic N) is 2. The second kappa shape index (κ2) is 3.84. The first-order valence-electron chi connectivity index (χ1n) is 5.31. The zero-order valence-electron chi connectivity index (χ0n) is 9.48. The maximum Gasteiger partial charge on any atom is 0.356 e. The lowest BCUT2D eigenvalue weighted by Crippen LogP contribution is -2.12. The Balaban J connectivity index is 2.21. The van der Waals surface area contributed by atoms with E-state index in [4.69, 9.17) is 9.84 Å². The van der Waals surface area contributed by atoms with E-state index in [1.807, 2.05) is 19.1 Å². The molecule has 0 spiro atoms. The number of carbonyl (C=O) groups is 1. The van der Waals surface area contributed by atoms with Gasteiger partial charge in [-0.2, -0.15) is 0 Å². The van der Waals surface area contributed by atoms with Gasteiger partial charge in [0.25, 0.3) is 0 Å². The van der Waals surface area contributed by atoms with Crippen molar-refractivity contribution in [1.82, 2.24) is 9.55 Å². The zero-order chi connectivity index (χ0) is 12.9. The molecule has 0 radical (unpaired) electrons. The van der Waals surface area contributed by atoms with Crippen molar-refractivity contribution in [2.24, 2.45) is 0 Å². The summed E-state index contributed by atoms with van der Waals surface area (Å²) in [5, 5.41) is 8.96. The number of imidazole rings is 1. The van der Waals surface area contributed by atoms with E-state index in [2.05, 4.69) is 20.9 Å². The number of hydrogen-bond donors (Lipinski definition) is 1. The Hall–Kier alpha value is -1.82. The Morgan fingerprint density at radius 3 is 3.06 bits per heavy atom. The van der Waals surface area contributed by atoms with Gasteiger partial charge in [-0.05, 0) is 24.6 Å². The van der Waals surface area contributed by atoms with Crippen LogP contribution < -0.4 is 4.74 Å². The first-order chi connectivity index (χ1) is 8.56. The van der Waals surface area contributed by atoms with Crippen molar-refractivity contribution < 1.29 is 14.6 Å². The smallest absolute Gasteiger partial charge is 0.356 e. The Morgan fingerprint density at radius 2 is 2.33 bits per heavy atom. The largest absolute Gasteiger partial charge is 0.483 e. The molecule has 3 rings (SSSR count). The van der Waals surface area contributed by atoms with Gasteiger partial charge in [0.1, 0.15) is 12.4 Å². The highest BCUT2D eigenvalue weighted by Crippen LogP contribution is 2.34. The van der Waals surface area contributed by atoms with Crippen LogP contribution in [0.1, 0.15) is 21.9 Å². The second-order valence-corrected chi connectivity index (χ2v) is 4.93. The Morgan fingerprint density at radius 1 is 1.56 bits per heavy atom. The maximum atomic E-state index is 10.9. The number of fused-ring (bicyclic) bond motifs is 3. The third kappa shape index (κ3) is 1.60. The number of aromatic nitrogens is 2. The molecule has 0 aliphatic carbocycles. The minimum atomic E-state index is -1.03. The van der Waals surface area contributed by atoms with E-state index in [-0.39, 0.29) is 12.3 Å². The summed E-state index contributed by atoms with van der Waals surface area (Å²) in [7, 11) is 0. The summed E-state index contributed by atoms with van der Waals surface area (Å²) in [5.74, 6) is 0.281. The molecule has 2 aromatic rings. The minimum Gasteiger partial charge on any atom is -0.483 e. The predicted octanol–water partition coefficient (Wildman–Crippen LogP) is 2.53. The summed E-state index contributed by atoms with van der Waals surface area (Å²) >= 11 is 3.44. The lowest BCUT2D eigenvalue weighted by Gasteiger charge is -2.20. The summed E-state index contributed by atoms with van der Waals surface area (Å²) < 4.78 is 8.30. The number of halogens is 1. The lowest BCUT2D eigenvalue weighted by atomic mass is 10.2. The van der Waals surface area contributed by atoms with Crippen molar-refractivity contribution >= 4 is 21.9 Å². The van der Waals surface area contributed by atoms with Gasteiger partial charge in [0.15, 0.2) is 11.5 Å². The summed E-state index contributed by atoms with van der Waals surface area (Å²) in [6.45, 7) is 2.24. The average Bonchev–Trinajstić information content (AvgIpc) is 2.75. The predicted molar refractivity (Wildman–Crippen MR) is 67.3 cm³/mol. The molecule has 0 saturated heterocycles. The highest BCUT2D eigenvalue weighted by Gasteiger charge is 2.22. The zero-order valence-corrected chi connectivity index (χ0v) is 11.1. The van der Waals surface area contributed by atoms with Gasteiger partial charge in [0.2, 0.25) is 0 Å². The number of aromatic carboxylic acids is 1. The Kier molecular flexibility index (Phi) is 2.41. The molecule has 0 amide bonds. The molecule has 18 heavy (non-hydrogen) atoms. The van der Waals surface area contributed by atoms with Gasteiger partial charge in [0, 0.05) is 10.7 Å². The van der Waals surface area contributed by atoms with Crippen LogP contribution in [-0.2, 0) is 6.61 Å². The fourth-order valence-corrected chi connectivity index (χ4v) is 2.25. The molecule has 2 heterocycles. The van der Waals surface area contributed by atoms with Crippen molar-refractivity contribution in [3.63, 3.8) is 0 Å². The van der Waals surface area contributed by atoms with Crippen molar-refractivity contribution in [2.45, 2.75) is 13.5 Å². The van der Waals surface area contributed by atoms with Gasteiger partial charge in [0.05, 0.1) is 5.69 Å². The molecule has 0 bridgehead atoms. The highest BCUT2D eigenvalue weighted by atomic mass is 79.9. The quantitative estimate of drug-likeness (QED) is 0.879. The first kappa shape index (κ1) is 11.3. The molecule has 5 nitrogen and oxygen atoms in total. The second-order valence-electron chi connectivity index (χ2n) is 4.08. The van der Waals surface area contributed by atoms with E-state index in [1.54, 1.807) is 4.57 Å². The van der Waals surface area contributed by atoms with Crippen LogP contribution in [0.2, 0.25) is 0 Å². The van der Waals surface area contributed by atoms with Crippen LogP contribution in [0.3, 0.4) is 0 Å². The SMILES string of the molecule is Cc1cc2c(cc1Br)OCc1nc(C(=O)O)cn1-2. The number of aryl methyl sites for hydroxylation is 1. The van der Waals surface area contributed by atoms with Crippen LogP contribution in [-0.4, -0.2) is 20.6 Å².